The van der Waals surface area contributed by atoms with Crippen molar-refractivity contribution in [1.82, 2.24) is 13.9 Å². The maximum Gasteiger partial charge on any atom is 0.339 e. The molecule has 2 atom stereocenters. The van der Waals surface area contributed by atoms with Crippen LogP contribution in [0.1, 0.15) is 59.4 Å². The molecule has 1 aromatic carbocycles. The summed E-state index contributed by atoms with van der Waals surface area (Å²) in [4.78, 5) is 23.2. The van der Waals surface area contributed by atoms with Crippen molar-refractivity contribution in [2.75, 3.05) is 11.4 Å². The molecule has 39 heavy (non-hydrogen) atoms. The van der Waals surface area contributed by atoms with E-state index < -0.39 is 21.8 Å². The molecule has 1 unspecified atom stereocenters. The molecular weight excluding hydrogens is 521 g/mol. The number of hydrogen-bond donors (Lipinski definition) is 2. The van der Waals surface area contributed by atoms with Gasteiger partial charge in [0.1, 0.15) is 22.7 Å². The van der Waals surface area contributed by atoms with Crippen LogP contribution in [-0.2, 0) is 16.4 Å². The van der Waals surface area contributed by atoms with Crippen molar-refractivity contribution in [1.29, 1.82) is 0 Å². The first kappa shape index (κ1) is 26.8. The zero-order chi connectivity index (χ0) is 27.9. The minimum absolute atomic E-state index is 0.0249. The van der Waals surface area contributed by atoms with E-state index >= 15 is 0 Å². The van der Waals surface area contributed by atoms with Crippen LogP contribution in [0.25, 0.3) is 11.0 Å². The van der Waals surface area contributed by atoms with Gasteiger partial charge in [0.15, 0.2) is 0 Å². The van der Waals surface area contributed by atoms with Gasteiger partial charge in [0, 0.05) is 24.5 Å². The molecule has 0 spiro atoms. The Morgan fingerprint density at radius 1 is 1.23 bits per heavy atom. The third-order valence-electron chi connectivity index (χ3n) is 7.12. The predicted molar refractivity (Wildman–Crippen MR) is 146 cm³/mol. The SMILES string of the molecule is Cc1ccc(S(=O)(=O)n2cc(C(=O)O)c3nc(N4CCC[C@@H]4c4cc(F)cnc4CCC(C)N)ccc32)cc1. The molecule has 0 aliphatic carbocycles. The minimum atomic E-state index is -4.06. The number of aryl methyl sites for hydroxylation is 2. The summed E-state index contributed by atoms with van der Waals surface area (Å²) >= 11 is 0. The number of halogens is 1. The number of anilines is 1. The standard InChI is InChI=1S/C28H30FN5O4S/c1-17-5-8-20(9-6-17)39(37,38)34-16-22(28(35)36)27-25(34)11-12-26(32-27)33-13-3-4-24(33)21-14-19(29)15-31-23(21)10-7-18(2)30/h5-6,8-9,11-12,14-16,18,24H,3-4,7,10,13,30H2,1-2H3,(H,35,36)/t18?,24-/m1/s1. The molecule has 1 fully saturated rings. The van der Waals surface area contributed by atoms with Crippen molar-refractivity contribution in [3.63, 3.8) is 0 Å². The van der Waals surface area contributed by atoms with Crippen LogP contribution in [0.5, 0.6) is 0 Å². The topological polar surface area (TPSA) is 131 Å². The van der Waals surface area contributed by atoms with Gasteiger partial charge < -0.3 is 15.7 Å². The third-order valence-corrected chi connectivity index (χ3v) is 8.81. The van der Waals surface area contributed by atoms with Crippen molar-refractivity contribution in [2.24, 2.45) is 5.73 Å². The summed E-state index contributed by atoms with van der Waals surface area (Å²) in [6.45, 7) is 4.38. The zero-order valence-electron chi connectivity index (χ0n) is 21.7. The zero-order valence-corrected chi connectivity index (χ0v) is 22.5. The molecule has 0 radical (unpaired) electrons. The van der Waals surface area contributed by atoms with Crippen LogP contribution in [0.3, 0.4) is 0 Å². The van der Waals surface area contributed by atoms with Crippen LogP contribution >= 0.6 is 0 Å². The van der Waals surface area contributed by atoms with Crippen molar-refractivity contribution in [3.8, 4) is 0 Å². The average molecular weight is 552 g/mol. The second-order valence-electron chi connectivity index (χ2n) is 10.1. The molecule has 0 amide bonds. The average Bonchev–Trinajstić information content (AvgIpc) is 3.53. The molecule has 1 saturated heterocycles. The highest BCUT2D eigenvalue weighted by molar-refractivity contribution is 7.90. The van der Waals surface area contributed by atoms with E-state index in [-0.39, 0.29) is 33.6 Å². The van der Waals surface area contributed by atoms with Gasteiger partial charge in [-0.3, -0.25) is 4.98 Å². The maximum absolute atomic E-state index is 14.3. The lowest BCUT2D eigenvalue weighted by Gasteiger charge is -2.27. The molecule has 4 heterocycles. The number of fused-ring (bicyclic) bond motifs is 1. The van der Waals surface area contributed by atoms with Crippen LogP contribution in [0.15, 0.2) is 59.8 Å². The van der Waals surface area contributed by atoms with Gasteiger partial charge in [-0.2, -0.15) is 0 Å². The monoisotopic (exact) mass is 551 g/mol. The number of aromatic nitrogens is 3. The number of nitrogens with zero attached hydrogens (tertiary/aromatic N) is 4. The molecule has 0 bridgehead atoms. The van der Waals surface area contributed by atoms with E-state index in [1.165, 1.54) is 24.4 Å². The predicted octanol–water partition coefficient (Wildman–Crippen LogP) is 4.44. The van der Waals surface area contributed by atoms with E-state index in [2.05, 4.69) is 9.97 Å². The Balaban J connectivity index is 1.58. The first-order valence-electron chi connectivity index (χ1n) is 12.8. The van der Waals surface area contributed by atoms with Crippen LogP contribution in [-0.4, -0.2) is 46.0 Å². The largest absolute Gasteiger partial charge is 0.478 e. The van der Waals surface area contributed by atoms with Crippen molar-refractivity contribution in [2.45, 2.75) is 56.5 Å². The molecule has 1 aliphatic rings. The molecule has 11 heteroatoms. The molecule has 4 aromatic rings. The van der Waals surface area contributed by atoms with E-state index in [9.17, 15) is 22.7 Å². The molecule has 204 valence electrons. The number of pyridine rings is 2. The normalized spacial score (nSPS) is 16.6. The van der Waals surface area contributed by atoms with Gasteiger partial charge >= 0.3 is 5.97 Å². The van der Waals surface area contributed by atoms with Gasteiger partial charge in [-0.1, -0.05) is 17.7 Å². The molecule has 3 aromatic heterocycles. The Hall–Kier alpha value is -3.83. The number of carbonyl (C=O) groups is 1. The number of rotatable bonds is 8. The molecule has 5 rings (SSSR count). The summed E-state index contributed by atoms with van der Waals surface area (Å²) in [6, 6.07) is 10.9. The van der Waals surface area contributed by atoms with Gasteiger partial charge in [0.05, 0.1) is 22.7 Å². The Morgan fingerprint density at radius 2 is 1.97 bits per heavy atom. The Kier molecular flexibility index (Phi) is 7.13. The number of carboxylic acids is 1. The van der Waals surface area contributed by atoms with Gasteiger partial charge in [0.25, 0.3) is 10.0 Å². The Morgan fingerprint density at radius 3 is 2.67 bits per heavy atom. The van der Waals surface area contributed by atoms with Crippen molar-refractivity contribution < 1.29 is 22.7 Å². The van der Waals surface area contributed by atoms with Crippen LogP contribution in [0.2, 0.25) is 0 Å². The molecule has 0 saturated carbocycles. The lowest BCUT2D eigenvalue weighted by Crippen LogP contribution is -2.25. The van der Waals surface area contributed by atoms with Crippen LogP contribution in [0, 0.1) is 12.7 Å². The van der Waals surface area contributed by atoms with E-state index in [0.717, 1.165) is 39.8 Å². The second kappa shape index (κ2) is 10.4. The first-order chi connectivity index (χ1) is 18.6. The molecule has 9 nitrogen and oxygen atoms in total. The Labute approximate surface area is 226 Å². The highest BCUT2D eigenvalue weighted by atomic mass is 32.2. The summed E-state index contributed by atoms with van der Waals surface area (Å²) in [5, 5.41) is 9.90. The van der Waals surface area contributed by atoms with Crippen molar-refractivity contribution >= 4 is 32.8 Å². The molecule has 1 aliphatic heterocycles. The number of aromatic carboxylic acids is 1. The second-order valence-corrected chi connectivity index (χ2v) is 11.9. The fourth-order valence-electron chi connectivity index (χ4n) is 5.11. The summed E-state index contributed by atoms with van der Waals surface area (Å²) < 4.78 is 42.1. The van der Waals surface area contributed by atoms with E-state index in [1.807, 2.05) is 18.7 Å². The Bertz CT molecular complexity index is 1650. The van der Waals surface area contributed by atoms with E-state index in [0.29, 0.717) is 25.2 Å². The van der Waals surface area contributed by atoms with Crippen molar-refractivity contribution in [3.05, 3.63) is 83.1 Å². The molecule has 3 N–H and O–H groups in total. The smallest absolute Gasteiger partial charge is 0.339 e. The van der Waals surface area contributed by atoms with Gasteiger partial charge in [0.2, 0.25) is 0 Å². The lowest BCUT2D eigenvalue weighted by molar-refractivity contribution is 0.0699. The van der Waals surface area contributed by atoms with Gasteiger partial charge in [-0.05, 0) is 75.4 Å². The number of carboxylic acid groups (broad SMARTS) is 1. The van der Waals surface area contributed by atoms with Gasteiger partial charge in [-0.15, -0.1) is 0 Å². The van der Waals surface area contributed by atoms with Crippen LogP contribution in [0.4, 0.5) is 10.2 Å². The summed E-state index contributed by atoms with van der Waals surface area (Å²) in [5.41, 5.74) is 8.39. The fourth-order valence-corrected chi connectivity index (χ4v) is 6.47. The highest BCUT2D eigenvalue weighted by Crippen LogP contribution is 2.38. The summed E-state index contributed by atoms with van der Waals surface area (Å²) in [5.74, 6) is -1.23. The van der Waals surface area contributed by atoms with E-state index in [1.54, 1.807) is 24.3 Å². The highest BCUT2D eigenvalue weighted by Gasteiger charge is 2.31. The third kappa shape index (κ3) is 5.11. The van der Waals surface area contributed by atoms with E-state index in [4.69, 9.17) is 5.73 Å². The quantitative estimate of drug-likeness (QED) is 0.329. The number of benzene rings is 1. The lowest BCUT2D eigenvalue weighted by atomic mass is 9.98. The van der Waals surface area contributed by atoms with Gasteiger partial charge in [-0.25, -0.2) is 26.6 Å². The maximum atomic E-state index is 14.3. The summed E-state index contributed by atoms with van der Waals surface area (Å²) in [6.07, 6.45) is 5.18. The summed E-state index contributed by atoms with van der Waals surface area (Å²) in [7, 11) is -4.06. The van der Waals surface area contributed by atoms with Crippen LogP contribution < -0.4 is 10.6 Å². The molecular formula is C28H30FN5O4S. The first-order valence-corrected chi connectivity index (χ1v) is 14.2. The number of nitrogens with two attached hydrogens (primary N) is 1. The fraction of sp³-hybridized carbons (Fsp3) is 0.321. The number of hydrogen-bond acceptors (Lipinski definition) is 7. The minimum Gasteiger partial charge on any atom is -0.478 e.